The van der Waals surface area contributed by atoms with Crippen molar-refractivity contribution in [1.82, 2.24) is 10.2 Å². The van der Waals surface area contributed by atoms with Gasteiger partial charge < -0.3 is 5.32 Å². The number of anilines is 2. The van der Waals surface area contributed by atoms with Crippen LogP contribution in [0.25, 0.3) is 0 Å². The highest BCUT2D eigenvalue weighted by Crippen LogP contribution is 2.23. The lowest BCUT2D eigenvalue weighted by Crippen LogP contribution is -2.04. The van der Waals surface area contributed by atoms with Crippen LogP contribution in [0.15, 0.2) is 24.3 Å². The van der Waals surface area contributed by atoms with E-state index >= 15 is 0 Å². The molecule has 19 heavy (non-hydrogen) atoms. The lowest BCUT2D eigenvalue weighted by molar-refractivity contribution is 0.960. The van der Waals surface area contributed by atoms with E-state index in [2.05, 4.69) is 27.7 Å². The molecule has 1 aromatic carbocycles. The highest BCUT2D eigenvalue weighted by atomic mass is 15.2. The van der Waals surface area contributed by atoms with Crippen molar-refractivity contribution in [2.45, 2.75) is 13.8 Å². The highest BCUT2D eigenvalue weighted by Gasteiger charge is 2.12. The molecule has 0 saturated heterocycles. The summed E-state index contributed by atoms with van der Waals surface area (Å²) in [6, 6.07) is 11.2. The molecule has 1 aromatic heterocycles. The van der Waals surface area contributed by atoms with Crippen molar-refractivity contribution in [3.63, 3.8) is 0 Å². The average Bonchev–Trinajstić information content (AvgIpc) is 2.44. The summed E-state index contributed by atoms with van der Waals surface area (Å²) in [7, 11) is 0. The molecular formula is C14H11N5. The molecule has 0 aliphatic heterocycles. The summed E-state index contributed by atoms with van der Waals surface area (Å²) in [5.74, 6) is 0.369. The van der Waals surface area contributed by atoms with Gasteiger partial charge in [-0.05, 0) is 31.5 Å². The van der Waals surface area contributed by atoms with Crippen LogP contribution in [0, 0.1) is 36.5 Å². The number of para-hydroxylation sites is 1. The van der Waals surface area contributed by atoms with Gasteiger partial charge in [-0.2, -0.15) is 15.6 Å². The van der Waals surface area contributed by atoms with Crippen molar-refractivity contribution in [2.75, 3.05) is 5.32 Å². The number of aryl methyl sites for hydroxylation is 1. The van der Waals surface area contributed by atoms with Crippen molar-refractivity contribution < 1.29 is 0 Å². The van der Waals surface area contributed by atoms with Crippen LogP contribution in [0.2, 0.25) is 0 Å². The first kappa shape index (κ1) is 12.5. The van der Waals surface area contributed by atoms with Crippen molar-refractivity contribution in [1.29, 1.82) is 10.5 Å². The van der Waals surface area contributed by atoms with E-state index in [1.165, 1.54) is 0 Å². The minimum atomic E-state index is 0.369. The van der Waals surface area contributed by atoms with E-state index in [9.17, 15) is 5.26 Å². The summed E-state index contributed by atoms with van der Waals surface area (Å²) in [5, 5.41) is 29.2. The third-order valence-electron chi connectivity index (χ3n) is 2.87. The SMILES string of the molecule is Cc1nnc(Nc2ccccc2C#N)c(C#N)c1C. The first-order chi connectivity index (χ1) is 9.17. The van der Waals surface area contributed by atoms with E-state index < -0.39 is 0 Å². The zero-order valence-corrected chi connectivity index (χ0v) is 10.6. The van der Waals surface area contributed by atoms with Crippen molar-refractivity contribution in [3.8, 4) is 12.1 Å². The molecule has 5 heteroatoms. The molecule has 0 amide bonds. The molecule has 0 aliphatic carbocycles. The standard InChI is InChI=1S/C14H11N5/c1-9-10(2)18-19-14(12(9)8-16)17-13-6-4-3-5-11(13)7-15/h3-6H,1-2H3,(H,17,19). The van der Waals surface area contributed by atoms with Gasteiger partial charge in [0.2, 0.25) is 0 Å². The molecule has 1 heterocycles. The molecule has 0 spiro atoms. The zero-order chi connectivity index (χ0) is 13.8. The number of hydrogen-bond acceptors (Lipinski definition) is 5. The Kier molecular flexibility index (Phi) is 3.40. The van der Waals surface area contributed by atoms with E-state index in [4.69, 9.17) is 5.26 Å². The topological polar surface area (TPSA) is 85.4 Å². The van der Waals surface area contributed by atoms with Crippen molar-refractivity contribution in [3.05, 3.63) is 46.6 Å². The molecule has 5 nitrogen and oxygen atoms in total. The van der Waals surface area contributed by atoms with Crippen LogP contribution in [0.3, 0.4) is 0 Å². The second-order valence-corrected chi connectivity index (χ2v) is 4.03. The lowest BCUT2D eigenvalue weighted by atomic mass is 10.1. The van der Waals surface area contributed by atoms with Crippen LogP contribution >= 0.6 is 0 Å². The van der Waals surface area contributed by atoms with Gasteiger partial charge in [0.15, 0.2) is 5.82 Å². The Morgan fingerprint density at radius 3 is 2.47 bits per heavy atom. The Bertz CT molecular complexity index is 707. The summed E-state index contributed by atoms with van der Waals surface area (Å²) in [6.07, 6.45) is 0. The Morgan fingerprint density at radius 2 is 1.79 bits per heavy atom. The van der Waals surface area contributed by atoms with E-state index in [-0.39, 0.29) is 0 Å². The first-order valence-electron chi connectivity index (χ1n) is 5.67. The summed E-state index contributed by atoms with van der Waals surface area (Å²) in [5.41, 5.74) is 3.05. The average molecular weight is 249 g/mol. The molecule has 0 radical (unpaired) electrons. The molecule has 92 valence electrons. The first-order valence-corrected chi connectivity index (χ1v) is 5.67. The Morgan fingerprint density at radius 1 is 1.05 bits per heavy atom. The van der Waals surface area contributed by atoms with Crippen LogP contribution in [0.4, 0.5) is 11.5 Å². The predicted octanol–water partition coefficient (Wildman–Crippen LogP) is 2.58. The van der Waals surface area contributed by atoms with Crippen molar-refractivity contribution >= 4 is 11.5 Å². The quantitative estimate of drug-likeness (QED) is 0.884. The number of hydrogen-bond donors (Lipinski definition) is 1. The second-order valence-electron chi connectivity index (χ2n) is 4.03. The van der Waals surface area contributed by atoms with Gasteiger partial charge in [-0.1, -0.05) is 12.1 Å². The number of aromatic nitrogens is 2. The van der Waals surface area contributed by atoms with E-state index in [1.54, 1.807) is 25.1 Å². The summed E-state index contributed by atoms with van der Waals surface area (Å²) in [6.45, 7) is 3.63. The van der Waals surface area contributed by atoms with Crippen LogP contribution in [0.5, 0.6) is 0 Å². The lowest BCUT2D eigenvalue weighted by Gasteiger charge is -2.10. The predicted molar refractivity (Wildman–Crippen MR) is 70.7 cm³/mol. The third kappa shape index (κ3) is 2.36. The highest BCUT2D eigenvalue weighted by molar-refractivity contribution is 5.68. The molecular weight excluding hydrogens is 238 g/mol. The number of nitriles is 2. The van der Waals surface area contributed by atoms with Crippen LogP contribution in [-0.2, 0) is 0 Å². The molecule has 0 saturated carbocycles. The van der Waals surface area contributed by atoms with E-state index in [0.29, 0.717) is 22.6 Å². The van der Waals surface area contributed by atoms with Gasteiger partial charge in [-0.25, -0.2) is 0 Å². The summed E-state index contributed by atoms with van der Waals surface area (Å²) < 4.78 is 0. The van der Waals surface area contributed by atoms with Gasteiger partial charge in [0.05, 0.1) is 16.9 Å². The van der Waals surface area contributed by atoms with Crippen LogP contribution < -0.4 is 5.32 Å². The van der Waals surface area contributed by atoms with Crippen molar-refractivity contribution in [2.24, 2.45) is 0 Å². The molecule has 2 aromatic rings. The number of nitrogens with zero attached hydrogens (tertiary/aromatic N) is 4. The molecule has 0 atom stereocenters. The summed E-state index contributed by atoms with van der Waals surface area (Å²) in [4.78, 5) is 0. The smallest absolute Gasteiger partial charge is 0.171 e. The molecule has 1 N–H and O–H groups in total. The largest absolute Gasteiger partial charge is 0.337 e. The fourth-order valence-electron chi connectivity index (χ4n) is 1.65. The monoisotopic (exact) mass is 249 g/mol. The normalized spacial score (nSPS) is 9.47. The number of nitrogens with one attached hydrogen (secondary N) is 1. The van der Waals surface area contributed by atoms with Crippen LogP contribution in [0.1, 0.15) is 22.4 Å². The minimum absolute atomic E-state index is 0.369. The maximum Gasteiger partial charge on any atom is 0.171 e. The van der Waals surface area contributed by atoms with E-state index in [1.807, 2.05) is 13.0 Å². The van der Waals surface area contributed by atoms with Gasteiger partial charge in [0.25, 0.3) is 0 Å². The van der Waals surface area contributed by atoms with Gasteiger partial charge in [-0.3, -0.25) is 0 Å². The maximum atomic E-state index is 9.21. The molecule has 0 bridgehead atoms. The maximum absolute atomic E-state index is 9.21. The molecule has 0 fully saturated rings. The second kappa shape index (κ2) is 5.16. The zero-order valence-electron chi connectivity index (χ0n) is 10.6. The van der Waals surface area contributed by atoms with Gasteiger partial charge in [0.1, 0.15) is 17.7 Å². The molecule has 0 aliphatic rings. The fraction of sp³-hybridized carbons (Fsp3) is 0.143. The van der Waals surface area contributed by atoms with Crippen LogP contribution in [-0.4, -0.2) is 10.2 Å². The Hall–Kier alpha value is -2.92. The Balaban J connectivity index is 2.48. The van der Waals surface area contributed by atoms with E-state index in [0.717, 1.165) is 11.3 Å². The number of benzene rings is 1. The third-order valence-corrected chi connectivity index (χ3v) is 2.87. The van der Waals surface area contributed by atoms with Gasteiger partial charge in [-0.15, -0.1) is 5.10 Å². The molecule has 2 rings (SSSR count). The fourth-order valence-corrected chi connectivity index (χ4v) is 1.65. The minimum Gasteiger partial charge on any atom is -0.337 e. The number of rotatable bonds is 2. The van der Waals surface area contributed by atoms with Gasteiger partial charge >= 0.3 is 0 Å². The summed E-state index contributed by atoms with van der Waals surface area (Å²) >= 11 is 0. The Labute approximate surface area is 111 Å². The van der Waals surface area contributed by atoms with Gasteiger partial charge in [0, 0.05) is 0 Å². The molecule has 0 unspecified atom stereocenters.